The van der Waals surface area contributed by atoms with Crippen molar-refractivity contribution in [3.8, 4) is 17.3 Å². The molecule has 42 heavy (non-hydrogen) atoms. The summed E-state index contributed by atoms with van der Waals surface area (Å²) < 4.78 is 1.04. The van der Waals surface area contributed by atoms with Gasteiger partial charge in [-0.25, -0.2) is 14.8 Å². The maximum absolute atomic E-state index is 12.0. The molecule has 0 saturated carbocycles. The number of rotatable bonds is 2. The van der Waals surface area contributed by atoms with Gasteiger partial charge in [0.05, 0.1) is 58.4 Å². The Kier molecular flexibility index (Phi) is 9.80. The summed E-state index contributed by atoms with van der Waals surface area (Å²) in [5.41, 5.74) is 1.94. The third-order valence-electron chi connectivity index (χ3n) is 5.61. The summed E-state index contributed by atoms with van der Waals surface area (Å²) in [6.45, 7) is 6.86. The molecule has 0 fully saturated rings. The van der Waals surface area contributed by atoms with Crippen LogP contribution >= 0.6 is 22.6 Å². The lowest BCUT2D eigenvalue weighted by Gasteiger charge is -2.05. The van der Waals surface area contributed by atoms with E-state index in [1.54, 1.807) is 36.7 Å². The average molecular weight is 668 g/mol. The molecule has 0 bridgehead atoms. The summed E-state index contributed by atoms with van der Waals surface area (Å²) in [6.07, 6.45) is 5.95. The number of halogens is 1. The number of nitrogens with one attached hydrogen (secondary N) is 2. The highest BCUT2D eigenvalue weighted by Gasteiger charge is 2.18. The first-order chi connectivity index (χ1) is 20.3. The lowest BCUT2D eigenvalue weighted by molar-refractivity contribution is 0.426. The van der Waals surface area contributed by atoms with E-state index in [-0.39, 0.29) is 27.6 Å². The van der Waals surface area contributed by atoms with Gasteiger partial charge in [0, 0.05) is 18.0 Å². The number of pyridine rings is 2. The van der Waals surface area contributed by atoms with Crippen LogP contribution in [0.1, 0.15) is 5.56 Å². The monoisotopic (exact) mass is 668 g/mol. The number of hydrogen-bond acceptors (Lipinski definition) is 9. The van der Waals surface area contributed by atoms with Gasteiger partial charge in [0.25, 0.3) is 11.1 Å². The lowest BCUT2D eigenvalue weighted by Crippen LogP contribution is -2.33. The van der Waals surface area contributed by atoms with Crippen LogP contribution in [-0.4, -0.2) is 47.1 Å². The molecule has 0 aliphatic rings. The Balaban J connectivity index is 0.000000159. The van der Waals surface area contributed by atoms with E-state index >= 15 is 0 Å². The molecule has 12 nitrogen and oxygen atoms in total. The predicted octanol–water partition coefficient (Wildman–Crippen LogP) is 2.70. The van der Waals surface area contributed by atoms with Gasteiger partial charge in [0.1, 0.15) is 3.70 Å². The van der Waals surface area contributed by atoms with E-state index in [0.29, 0.717) is 27.7 Å². The molecule has 4 heterocycles. The molecule has 0 atom stereocenters. The van der Waals surface area contributed by atoms with Crippen LogP contribution in [0.25, 0.3) is 37.9 Å². The van der Waals surface area contributed by atoms with Gasteiger partial charge < -0.3 is 20.0 Å². The van der Waals surface area contributed by atoms with Crippen molar-refractivity contribution < 1.29 is 10.0 Å². The first kappa shape index (κ1) is 29.7. The van der Waals surface area contributed by atoms with Crippen LogP contribution in [-0.2, 0) is 0 Å². The van der Waals surface area contributed by atoms with Crippen molar-refractivity contribution in [2.45, 2.75) is 0 Å². The molecule has 0 spiro atoms. The van der Waals surface area contributed by atoms with Crippen LogP contribution < -0.4 is 16.6 Å². The number of aromatic nitrogens is 6. The van der Waals surface area contributed by atoms with Gasteiger partial charge in [0.2, 0.25) is 0 Å². The maximum atomic E-state index is 12.0. The summed E-state index contributed by atoms with van der Waals surface area (Å²) in [7, 11) is -1.81. The topological polar surface area (TPSA) is 186 Å². The van der Waals surface area contributed by atoms with E-state index in [9.17, 15) is 9.59 Å². The largest absolute Gasteiger partial charge is 0.488 e. The first-order valence-electron chi connectivity index (χ1n) is 12.0. The molecule has 0 amide bonds. The molecular weight excluding hydrogens is 650 g/mol. The number of H-pyrrole nitrogens is 2. The molecule has 0 saturated heterocycles. The van der Waals surface area contributed by atoms with Gasteiger partial charge in [-0.15, -0.1) is 0 Å². The van der Waals surface area contributed by atoms with Crippen molar-refractivity contribution in [3.05, 3.63) is 127 Å². The predicted molar refractivity (Wildman–Crippen MR) is 166 cm³/mol. The van der Waals surface area contributed by atoms with Crippen molar-refractivity contribution >= 4 is 62.7 Å². The molecule has 0 aliphatic carbocycles. The van der Waals surface area contributed by atoms with Crippen molar-refractivity contribution in [1.82, 2.24) is 29.9 Å². The van der Waals surface area contributed by atoms with E-state index in [0.717, 1.165) is 3.70 Å². The number of nitriles is 1. The zero-order valence-corrected chi connectivity index (χ0v) is 23.6. The molecule has 4 N–H and O–H groups in total. The van der Waals surface area contributed by atoms with Crippen LogP contribution in [0, 0.1) is 21.6 Å². The second-order valence-corrected chi connectivity index (χ2v) is 9.38. The second-order valence-electron chi connectivity index (χ2n) is 8.28. The molecule has 2 aromatic carbocycles. The fraction of sp³-hybridized carbons (Fsp3) is 0. The molecule has 6 aromatic rings. The van der Waals surface area contributed by atoms with Gasteiger partial charge in [-0.2, -0.15) is 5.26 Å². The Hall–Kier alpha value is -5.29. The van der Waals surface area contributed by atoms with E-state index in [1.807, 2.05) is 24.3 Å². The summed E-state index contributed by atoms with van der Waals surface area (Å²) in [4.78, 5) is 47.7. The summed E-state index contributed by atoms with van der Waals surface area (Å²) in [6, 6.07) is 19.2. The molecular formula is C28H18BIN8O4. The highest BCUT2D eigenvalue weighted by molar-refractivity contribution is 14.1. The highest BCUT2D eigenvalue weighted by Crippen LogP contribution is 2.25. The van der Waals surface area contributed by atoms with Gasteiger partial charge in [-0.3, -0.25) is 19.6 Å². The standard InChI is InChI=1S/C14H8N4O.C9H6BN3O3.C5H4IN/c15-7-9-5-10(11-3-1-2-4-16-11)13-12(6-9)17-8-18-14(13)19;1-11-5-2-6(10(15)16)8-7(3-5)12-4-13-9(8)14;6-5-3-1-2-4-7-5/h1-6,8H,(H,17,18,19);2-4,15-16H,(H,12,13,14);1-4H. The van der Waals surface area contributed by atoms with Gasteiger partial charge in [0.15, 0.2) is 5.69 Å². The summed E-state index contributed by atoms with van der Waals surface area (Å²) in [5, 5.41) is 27.9. The number of nitrogens with zero attached hydrogens (tertiary/aromatic N) is 6. The van der Waals surface area contributed by atoms with Crippen LogP contribution in [0.5, 0.6) is 0 Å². The molecule has 6 rings (SSSR count). The lowest BCUT2D eigenvalue weighted by atomic mass is 9.78. The van der Waals surface area contributed by atoms with E-state index in [1.165, 1.54) is 24.8 Å². The first-order valence-corrected chi connectivity index (χ1v) is 13.0. The Labute approximate surface area is 251 Å². The fourth-order valence-corrected chi connectivity index (χ4v) is 4.18. The number of fused-ring (bicyclic) bond motifs is 2. The maximum Gasteiger partial charge on any atom is 0.488 e. The van der Waals surface area contributed by atoms with Crippen molar-refractivity contribution in [1.29, 1.82) is 5.26 Å². The second kappa shape index (κ2) is 13.9. The number of hydrogen-bond donors (Lipinski definition) is 4. The molecule has 204 valence electrons. The quantitative estimate of drug-likeness (QED) is 0.0932. The Morgan fingerprint density at radius 2 is 1.50 bits per heavy atom. The molecule has 0 radical (unpaired) electrons. The van der Waals surface area contributed by atoms with Crippen LogP contribution in [0.2, 0.25) is 0 Å². The number of benzene rings is 2. The van der Waals surface area contributed by atoms with Crippen molar-refractivity contribution in [3.63, 3.8) is 0 Å². The zero-order valence-electron chi connectivity index (χ0n) is 21.4. The smallest absolute Gasteiger partial charge is 0.423 e. The Bertz CT molecular complexity index is 2060. The van der Waals surface area contributed by atoms with E-state index in [2.05, 4.69) is 63.4 Å². The van der Waals surface area contributed by atoms with E-state index in [4.69, 9.17) is 21.9 Å². The third-order valence-corrected chi connectivity index (χ3v) is 6.25. The van der Waals surface area contributed by atoms with Crippen molar-refractivity contribution in [2.75, 3.05) is 0 Å². The minimum Gasteiger partial charge on any atom is -0.423 e. The zero-order chi connectivity index (χ0) is 30.1. The van der Waals surface area contributed by atoms with Crippen LogP contribution in [0.4, 0.5) is 5.69 Å². The number of aromatic amines is 2. The van der Waals surface area contributed by atoms with Crippen molar-refractivity contribution in [2.24, 2.45) is 0 Å². The minimum atomic E-state index is -1.81. The minimum absolute atomic E-state index is 0.0159. The third kappa shape index (κ3) is 7.07. The molecule has 0 aliphatic heterocycles. The Morgan fingerprint density at radius 1 is 0.857 bits per heavy atom. The summed E-state index contributed by atoms with van der Waals surface area (Å²) >= 11 is 2.17. The molecule has 14 heteroatoms. The average Bonchev–Trinajstić information content (AvgIpc) is 3.01. The van der Waals surface area contributed by atoms with Gasteiger partial charge in [-0.1, -0.05) is 18.2 Å². The highest BCUT2D eigenvalue weighted by atomic mass is 127. The molecule has 4 aromatic heterocycles. The fourth-order valence-electron chi connectivity index (χ4n) is 3.81. The van der Waals surface area contributed by atoms with Gasteiger partial charge in [-0.05, 0) is 70.5 Å². The van der Waals surface area contributed by atoms with Crippen LogP contribution in [0.3, 0.4) is 0 Å². The summed E-state index contributed by atoms with van der Waals surface area (Å²) in [5.74, 6) is 0. The molecule has 0 unspecified atom stereocenters. The van der Waals surface area contributed by atoms with Crippen LogP contribution in [0.15, 0.2) is 95.3 Å². The normalized spacial score (nSPS) is 9.93. The van der Waals surface area contributed by atoms with Gasteiger partial charge >= 0.3 is 7.12 Å². The Morgan fingerprint density at radius 3 is 2.02 bits per heavy atom. The van der Waals surface area contributed by atoms with E-state index < -0.39 is 12.7 Å². The SMILES string of the molecule is Ic1ccccn1.N#Cc1cc(-c2ccccn2)c2c(=O)[nH]cnc2c1.[C-]#[N+]c1cc(B(O)O)c2c(=O)[nH]cnc2c1.